The summed E-state index contributed by atoms with van der Waals surface area (Å²) >= 11 is 0. The van der Waals surface area contributed by atoms with Crippen LogP contribution in [-0.4, -0.2) is 11.1 Å². The molecule has 16 heavy (non-hydrogen) atoms. The first-order valence-corrected chi connectivity index (χ1v) is 4.49. The first kappa shape index (κ1) is 11.7. The lowest BCUT2D eigenvalue weighted by Gasteiger charge is -1.99. The molecule has 0 heterocycles. The standard InChI is InChI=1S/C12H8FNO2/c13-11-7-9(8-12(15)16)4-5-10(11)3-1-2-6-14/h4-5,7H,2,8H2,(H,15,16). The lowest BCUT2D eigenvalue weighted by atomic mass is 10.1. The van der Waals surface area contributed by atoms with Crippen LogP contribution in [0.3, 0.4) is 0 Å². The number of nitriles is 1. The molecule has 0 spiro atoms. The second kappa shape index (κ2) is 5.53. The lowest BCUT2D eigenvalue weighted by molar-refractivity contribution is -0.136. The second-order valence-electron chi connectivity index (χ2n) is 3.02. The SMILES string of the molecule is N#CCC#Cc1ccc(CC(=O)O)cc1F. The molecule has 4 heteroatoms. The highest BCUT2D eigenvalue weighted by Gasteiger charge is 2.04. The van der Waals surface area contributed by atoms with Crippen LogP contribution >= 0.6 is 0 Å². The van der Waals surface area contributed by atoms with Gasteiger partial charge in [0.15, 0.2) is 0 Å². The molecule has 0 aliphatic carbocycles. The van der Waals surface area contributed by atoms with Crippen LogP contribution in [0, 0.1) is 29.0 Å². The molecule has 0 saturated carbocycles. The Morgan fingerprint density at radius 1 is 1.50 bits per heavy atom. The number of nitrogens with zero attached hydrogens (tertiary/aromatic N) is 1. The van der Waals surface area contributed by atoms with Gasteiger partial charge in [-0.15, -0.1) is 0 Å². The summed E-state index contributed by atoms with van der Waals surface area (Å²) in [5.74, 6) is 3.41. The van der Waals surface area contributed by atoms with Crippen LogP contribution in [0.1, 0.15) is 17.5 Å². The Hall–Kier alpha value is -2.33. The van der Waals surface area contributed by atoms with E-state index in [1.165, 1.54) is 12.1 Å². The second-order valence-corrected chi connectivity index (χ2v) is 3.02. The highest BCUT2D eigenvalue weighted by atomic mass is 19.1. The summed E-state index contributed by atoms with van der Waals surface area (Å²) in [7, 11) is 0. The van der Waals surface area contributed by atoms with Gasteiger partial charge in [0.1, 0.15) is 5.82 Å². The zero-order chi connectivity index (χ0) is 12.0. The molecule has 0 atom stereocenters. The Kier molecular flexibility index (Phi) is 4.06. The molecule has 80 valence electrons. The summed E-state index contributed by atoms with van der Waals surface area (Å²) in [6, 6.07) is 5.89. The van der Waals surface area contributed by atoms with E-state index in [1.807, 2.05) is 6.07 Å². The minimum Gasteiger partial charge on any atom is -0.481 e. The van der Waals surface area contributed by atoms with E-state index in [4.69, 9.17) is 10.4 Å². The van der Waals surface area contributed by atoms with Gasteiger partial charge in [0.2, 0.25) is 0 Å². The van der Waals surface area contributed by atoms with Gasteiger partial charge in [-0.05, 0) is 17.7 Å². The van der Waals surface area contributed by atoms with Crippen molar-refractivity contribution in [3.05, 3.63) is 35.1 Å². The molecule has 0 bridgehead atoms. The van der Waals surface area contributed by atoms with Gasteiger partial charge in [-0.1, -0.05) is 17.9 Å². The van der Waals surface area contributed by atoms with Crippen molar-refractivity contribution in [1.29, 1.82) is 5.26 Å². The topological polar surface area (TPSA) is 61.1 Å². The van der Waals surface area contributed by atoms with E-state index < -0.39 is 11.8 Å². The van der Waals surface area contributed by atoms with Crippen molar-refractivity contribution < 1.29 is 14.3 Å². The highest BCUT2D eigenvalue weighted by molar-refractivity contribution is 5.70. The minimum absolute atomic E-state index is 0.0380. The molecule has 1 rings (SSSR count). The number of benzene rings is 1. The molecule has 0 aliphatic rings. The van der Waals surface area contributed by atoms with Crippen LogP contribution in [0.5, 0.6) is 0 Å². The van der Waals surface area contributed by atoms with Crippen LogP contribution < -0.4 is 0 Å². The van der Waals surface area contributed by atoms with E-state index in [2.05, 4.69) is 11.8 Å². The van der Waals surface area contributed by atoms with Crippen molar-refractivity contribution in [3.63, 3.8) is 0 Å². The monoisotopic (exact) mass is 217 g/mol. The summed E-state index contributed by atoms with van der Waals surface area (Å²) in [5.41, 5.74) is 0.556. The number of carboxylic acid groups (broad SMARTS) is 1. The molecule has 0 aliphatic heterocycles. The number of hydrogen-bond donors (Lipinski definition) is 1. The highest BCUT2D eigenvalue weighted by Crippen LogP contribution is 2.10. The van der Waals surface area contributed by atoms with E-state index in [9.17, 15) is 9.18 Å². The molecule has 1 aromatic carbocycles. The number of carboxylic acids is 1. The largest absolute Gasteiger partial charge is 0.481 e. The molecule has 1 aromatic rings. The zero-order valence-electron chi connectivity index (χ0n) is 8.33. The minimum atomic E-state index is -1.01. The number of hydrogen-bond acceptors (Lipinski definition) is 2. The molecule has 0 saturated heterocycles. The van der Waals surface area contributed by atoms with Gasteiger partial charge in [0.05, 0.1) is 24.5 Å². The first-order valence-electron chi connectivity index (χ1n) is 4.49. The van der Waals surface area contributed by atoms with Crippen LogP contribution in [0.4, 0.5) is 4.39 Å². The van der Waals surface area contributed by atoms with Gasteiger partial charge >= 0.3 is 5.97 Å². The van der Waals surface area contributed by atoms with Crippen LogP contribution in [0.15, 0.2) is 18.2 Å². The molecule has 3 nitrogen and oxygen atoms in total. The first-order chi connectivity index (χ1) is 7.63. The molecule has 1 N–H and O–H groups in total. The van der Waals surface area contributed by atoms with Crippen molar-refractivity contribution in [2.75, 3.05) is 0 Å². The fourth-order valence-corrected chi connectivity index (χ4v) is 1.12. The predicted octanol–water partition coefficient (Wildman–Crippen LogP) is 1.72. The quantitative estimate of drug-likeness (QED) is 0.767. The van der Waals surface area contributed by atoms with Gasteiger partial charge in [-0.2, -0.15) is 5.26 Å². The molecule has 0 amide bonds. The van der Waals surface area contributed by atoms with Crippen molar-refractivity contribution in [3.8, 4) is 17.9 Å². The van der Waals surface area contributed by atoms with Crippen LogP contribution in [-0.2, 0) is 11.2 Å². The Balaban J connectivity index is 2.89. The maximum absolute atomic E-state index is 13.3. The van der Waals surface area contributed by atoms with E-state index in [0.29, 0.717) is 5.56 Å². The fraction of sp³-hybridized carbons (Fsp3) is 0.167. The van der Waals surface area contributed by atoms with Crippen LogP contribution in [0.2, 0.25) is 0 Å². The van der Waals surface area contributed by atoms with Gasteiger partial charge in [0.25, 0.3) is 0 Å². The zero-order valence-corrected chi connectivity index (χ0v) is 8.33. The Morgan fingerprint density at radius 3 is 2.81 bits per heavy atom. The van der Waals surface area contributed by atoms with E-state index in [1.54, 1.807) is 0 Å². The van der Waals surface area contributed by atoms with Gasteiger partial charge in [-0.25, -0.2) is 4.39 Å². The normalized spacial score (nSPS) is 8.75. The Labute approximate surface area is 92.1 Å². The van der Waals surface area contributed by atoms with E-state index in [-0.39, 0.29) is 18.4 Å². The number of aliphatic carboxylic acids is 1. The van der Waals surface area contributed by atoms with E-state index >= 15 is 0 Å². The molecule has 0 unspecified atom stereocenters. The summed E-state index contributed by atoms with van der Waals surface area (Å²) in [6.07, 6.45) is -0.181. The Bertz CT molecular complexity index is 506. The summed E-state index contributed by atoms with van der Waals surface area (Å²) in [5, 5.41) is 16.8. The number of rotatable bonds is 2. The Morgan fingerprint density at radius 2 is 2.25 bits per heavy atom. The maximum Gasteiger partial charge on any atom is 0.307 e. The summed E-state index contributed by atoms with van der Waals surface area (Å²) in [6.45, 7) is 0. The average Bonchev–Trinajstić information content (AvgIpc) is 2.20. The average molecular weight is 217 g/mol. The van der Waals surface area contributed by atoms with Crippen molar-refractivity contribution >= 4 is 5.97 Å². The molecule has 0 aromatic heterocycles. The third-order valence-corrected chi connectivity index (χ3v) is 1.78. The van der Waals surface area contributed by atoms with Crippen LogP contribution in [0.25, 0.3) is 0 Å². The predicted molar refractivity (Wildman–Crippen MR) is 54.8 cm³/mol. The van der Waals surface area contributed by atoms with Gasteiger partial charge in [-0.3, -0.25) is 4.79 Å². The summed E-state index contributed by atoms with van der Waals surface area (Å²) in [4.78, 5) is 10.4. The summed E-state index contributed by atoms with van der Waals surface area (Å²) < 4.78 is 13.3. The van der Waals surface area contributed by atoms with Crippen molar-refractivity contribution in [2.24, 2.45) is 0 Å². The molecular formula is C12H8FNO2. The molecular weight excluding hydrogens is 209 g/mol. The fourth-order valence-electron chi connectivity index (χ4n) is 1.12. The lowest BCUT2D eigenvalue weighted by Crippen LogP contribution is -2.00. The maximum atomic E-state index is 13.3. The number of carbonyl (C=O) groups is 1. The third kappa shape index (κ3) is 3.43. The van der Waals surface area contributed by atoms with Gasteiger partial charge < -0.3 is 5.11 Å². The van der Waals surface area contributed by atoms with Gasteiger partial charge in [0, 0.05) is 0 Å². The third-order valence-electron chi connectivity index (χ3n) is 1.78. The number of halogens is 1. The smallest absolute Gasteiger partial charge is 0.307 e. The molecule has 0 radical (unpaired) electrons. The van der Waals surface area contributed by atoms with Crippen molar-refractivity contribution in [1.82, 2.24) is 0 Å². The molecule has 0 fully saturated rings. The van der Waals surface area contributed by atoms with E-state index in [0.717, 1.165) is 6.07 Å². The van der Waals surface area contributed by atoms with Crippen molar-refractivity contribution in [2.45, 2.75) is 12.8 Å².